The molecule has 0 spiro atoms. The number of fused-ring (bicyclic) bond motifs is 1. The highest BCUT2D eigenvalue weighted by Gasteiger charge is 2.14. The molecular formula is C13H20N4O3. The van der Waals surface area contributed by atoms with Crippen molar-refractivity contribution in [2.75, 3.05) is 0 Å². The number of hydrogen-bond donors (Lipinski definition) is 1. The van der Waals surface area contributed by atoms with Crippen molar-refractivity contribution in [3.8, 4) is 0 Å². The molecule has 2 rings (SSSR count). The van der Waals surface area contributed by atoms with E-state index in [9.17, 15) is 14.7 Å². The maximum Gasteiger partial charge on any atom is 0.332 e. The van der Waals surface area contributed by atoms with Gasteiger partial charge in [0, 0.05) is 31.5 Å². The van der Waals surface area contributed by atoms with Gasteiger partial charge in [0.25, 0.3) is 5.56 Å². The predicted molar refractivity (Wildman–Crippen MR) is 75.7 cm³/mol. The van der Waals surface area contributed by atoms with Gasteiger partial charge in [-0.2, -0.15) is 0 Å². The SMILES string of the molecule is [2H]c1nc2c(c(=O)n(CCCC([2H])([2H])[C@H](C)O)c(=O)n2C([2H])([2H])[2H])n1C([2H])([2H])[2H]. The smallest absolute Gasteiger partial charge is 0.332 e. The van der Waals surface area contributed by atoms with Crippen molar-refractivity contribution in [1.82, 2.24) is 18.7 Å². The topological polar surface area (TPSA) is 82.1 Å². The Morgan fingerprint density at radius 3 is 2.95 bits per heavy atom. The standard InChI is InChI=1S/C13H20N4O3/c1-9(18)6-4-5-7-17-12(19)10-11(14-8-15(10)2)16(3)13(17)20/h8-9,18H,4-7H2,1-3H3/t9-/m0/s1/i2D3,3D3,6D2,8D. The summed E-state index contributed by atoms with van der Waals surface area (Å²) in [5.74, 6) is 0. The van der Waals surface area contributed by atoms with E-state index < -0.39 is 61.7 Å². The number of nitrogens with zero attached hydrogens (tertiary/aromatic N) is 4. The van der Waals surface area contributed by atoms with E-state index in [1.807, 2.05) is 0 Å². The minimum absolute atomic E-state index is 0.116. The van der Waals surface area contributed by atoms with E-state index in [1.54, 1.807) is 0 Å². The summed E-state index contributed by atoms with van der Waals surface area (Å²) in [6.07, 6.45) is -4.59. The molecule has 0 fully saturated rings. The lowest BCUT2D eigenvalue weighted by Crippen LogP contribution is -2.39. The van der Waals surface area contributed by atoms with Crippen LogP contribution in [0.1, 0.15) is 38.5 Å². The lowest BCUT2D eigenvalue weighted by atomic mass is 10.2. The van der Waals surface area contributed by atoms with Crippen molar-refractivity contribution in [3.05, 3.63) is 27.1 Å². The van der Waals surface area contributed by atoms with Crippen molar-refractivity contribution < 1.29 is 17.4 Å². The Hall–Kier alpha value is -1.89. The van der Waals surface area contributed by atoms with Gasteiger partial charge in [-0.25, -0.2) is 9.78 Å². The van der Waals surface area contributed by atoms with Gasteiger partial charge >= 0.3 is 5.69 Å². The van der Waals surface area contributed by atoms with Gasteiger partial charge in [-0.3, -0.25) is 13.9 Å². The van der Waals surface area contributed by atoms with E-state index in [0.29, 0.717) is 4.57 Å². The van der Waals surface area contributed by atoms with Gasteiger partial charge in [-0.15, -0.1) is 0 Å². The number of hydrogen-bond acceptors (Lipinski definition) is 4. The molecule has 1 atom stereocenters. The number of rotatable bonds is 5. The third-order valence-electron chi connectivity index (χ3n) is 2.77. The van der Waals surface area contributed by atoms with E-state index in [0.717, 1.165) is 0 Å². The maximum absolute atomic E-state index is 12.8. The summed E-state index contributed by atoms with van der Waals surface area (Å²) in [5, 5.41) is 9.43. The molecule has 20 heavy (non-hydrogen) atoms. The quantitative estimate of drug-likeness (QED) is 0.839. The molecule has 0 unspecified atom stereocenters. The first-order valence-corrected chi connectivity index (χ1v) is 5.94. The van der Waals surface area contributed by atoms with Crippen molar-refractivity contribution in [1.29, 1.82) is 0 Å². The second kappa shape index (κ2) is 5.62. The normalized spacial score (nSPS) is 21.6. The fraction of sp³-hybridized carbons (Fsp3) is 0.615. The third kappa shape index (κ3) is 2.53. The second-order valence-corrected chi connectivity index (χ2v) is 4.28. The minimum atomic E-state index is -3.11. The van der Waals surface area contributed by atoms with Gasteiger partial charge in [0.1, 0.15) is 1.37 Å². The molecule has 7 nitrogen and oxygen atoms in total. The lowest BCUT2D eigenvalue weighted by molar-refractivity contribution is 0.180. The zero-order valence-corrected chi connectivity index (χ0v) is 10.8. The van der Waals surface area contributed by atoms with Crippen LogP contribution in [0.3, 0.4) is 0 Å². The number of imidazole rings is 1. The monoisotopic (exact) mass is 289 g/mol. The highest BCUT2D eigenvalue weighted by molar-refractivity contribution is 5.69. The molecule has 2 aromatic rings. The Balaban J connectivity index is 2.74. The first-order chi connectivity index (χ1) is 13.0. The average molecular weight is 289 g/mol. The minimum Gasteiger partial charge on any atom is -0.393 e. The fourth-order valence-corrected chi connectivity index (χ4v) is 1.82. The Kier molecular flexibility index (Phi) is 1.89. The van der Waals surface area contributed by atoms with E-state index in [1.165, 1.54) is 6.92 Å². The van der Waals surface area contributed by atoms with Gasteiger partial charge < -0.3 is 9.67 Å². The molecule has 0 saturated carbocycles. The third-order valence-corrected chi connectivity index (χ3v) is 2.77. The van der Waals surface area contributed by atoms with Crippen LogP contribution in [0.4, 0.5) is 0 Å². The predicted octanol–water partition coefficient (Wildman–Crippen LogP) is -0.0152. The van der Waals surface area contributed by atoms with Crippen LogP contribution in [-0.4, -0.2) is 29.9 Å². The molecule has 0 aliphatic heterocycles. The van der Waals surface area contributed by atoms with Gasteiger partial charge in [0.15, 0.2) is 11.2 Å². The van der Waals surface area contributed by atoms with Crippen molar-refractivity contribution in [2.45, 2.75) is 38.8 Å². The van der Waals surface area contributed by atoms with Crippen molar-refractivity contribution in [2.24, 2.45) is 14.0 Å². The zero-order valence-electron chi connectivity index (χ0n) is 19.8. The zero-order chi connectivity index (χ0) is 22.5. The number of aliphatic hydroxyl groups excluding tert-OH is 1. The van der Waals surface area contributed by atoms with Crippen LogP contribution < -0.4 is 11.2 Å². The van der Waals surface area contributed by atoms with E-state index in [4.69, 9.17) is 12.3 Å². The maximum atomic E-state index is 12.8. The first kappa shape index (κ1) is 6.71. The number of aliphatic hydroxyl groups is 1. The first-order valence-electron chi connectivity index (χ1n) is 10.4. The molecule has 0 aliphatic rings. The highest BCUT2D eigenvalue weighted by atomic mass is 16.3. The van der Waals surface area contributed by atoms with Crippen LogP contribution in [0.2, 0.25) is 0 Å². The molecule has 0 radical (unpaired) electrons. The van der Waals surface area contributed by atoms with Crippen molar-refractivity contribution in [3.63, 3.8) is 0 Å². The molecule has 1 N–H and O–H groups in total. The van der Waals surface area contributed by atoms with Gasteiger partial charge in [-0.05, 0) is 26.1 Å². The molecule has 7 heteroatoms. The van der Waals surface area contributed by atoms with Crippen LogP contribution in [-0.2, 0) is 20.5 Å². The Bertz CT molecular complexity index is 1030. The molecule has 2 aromatic heterocycles. The summed E-state index contributed by atoms with van der Waals surface area (Å²) in [6.45, 7) is -5.32. The van der Waals surface area contributed by atoms with Gasteiger partial charge in [-0.1, -0.05) is 0 Å². The molecule has 110 valence electrons. The molecule has 2 heterocycles. The van der Waals surface area contributed by atoms with Crippen LogP contribution in [0, 0.1) is 0 Å². The number of aromatic nitrogens is 4. The molecule has 0 aromatic carbocycles. The second-order valence-electron chi connectivity index (χ2n) is 4.28. The molecule has 0 aliphatic carbocycles. The summed E-state index contributed by atoms with van der Waals surface area (Å²) < 4.78 is 69.3. The fourth-order valence-electron chi connectivity index (χ4n) is 1.82. The van der Waals surface area contributed by atoms with Crippen molar-refractivity contribution >= 4 is 11.2 Å². The Morgan fingerprint density at radius 2 is 2.30 bits per heavy atom. The van der Waals surface area contributed by atoms with Crippen LogP contribution in [0.25, 0.3) is 11.2 Å². The summed E-state index contributed by atoms with van der Waals surface area (Å²) in [5.41, 5.74) is -3.90. The van der Waals surface area contributed by atoms with Gasteiger partial charge in [0.05, 0.1) is 12.4 Å². The Morgan fingerprint density at radius 1 is 1.50 bits per heavy atom. The van der Waals surface area contributed by atoms with Crippen LogP contribution in [0.5, 0.6) is 0 Å². The largest absolute Gasteiger partial charge is 0.393 e. The number of aryl methyl sites for hydroxylation is 2. The van der Waals surface area contributed by atoms with Crippen LogP contribution in [0.15, 0.2) is 15.9 Å². The van der Waals surface area contributed by atoms with Crippen LogP contribution >= 0.6 is 0 Å². The lowest BCUT2D eigenvalue weighted by Gasteiger charge is -2.09. The highest BCUT2D eigenvalue weighted by Crippen LogP contribution is 2.04. The summed E-state index contributed by atoms with van der Waals surface area (Å²) in [6, 6.07) is 0. The van der Waals surface area contributed by atoms with Gasteiger partial charge in [0.2, 0.25) is 0 Å². The average Bonchev–Trinajstić information content (AvgIpc) is 2.85. The van der Waals surface area contributed by atoms with E-state index in [-0.39, 0.29) is 22.0 Å². The summed E-state index contributed by atoms with van der Waals surface area (Å²) >= 11 is 0. The van der Waals surface area contributed by atoms with E-state index in [2.05, 4.69) is 4.98 Å². The summed E-state index contributed by atoms with van der Waals surface area (Å²) in [4.78, 5) is 29.0. The molecule has 0 saturated heterocycles. The molecule has 0 amide bonds. The van der Waals surface area contributed by atoms with E-state index >= 15 is 0 Å². The Labute approximate surface area is 128 Å². The molecular weight excluding hydrogens is 260 g/mol. The summed E-state index contributed by atoms with van der Waals surface area (Å²) in [7, 11) is 0. The molecule has 0 bridgehead atoms.